The number of aromatic amines is 2. The van der Waals surface area contributed by atoms with Crippen molar-refractivity contribution in [2.24, 2.45) is 5.92 Å². The molecule has 7 heterocycles. The molecule has 0 saturated carbocycles. The molecule has 0 aliphatic carbocycles. The van der Waals surface area contributed by atoms with E-state index in [-0.39, 0.29) is 5.91 Å². The van der Waals surface area contributed by atoms with Crippen LogP contribution in [0.2, 0.25) is 0 Å². The van der Waals surface area contributed by atoms with Crippen molar-refractivity contribution < 1.29 is 4.79 Å². The number of aromatic nitrogens is 7. The maximum Gasteiger partial charge on any atom is 0.224 e. The Morgan fingerprint density at radius 3 is 2.73 bits per heavy atom. The van der Waals surface area contributed by atoms with Gasteiger partial charge in [-0.05, 0) is 57.1 Å². The fourth-order valence-corrected chi connectivity index (χ4v) is 5.75. The van der Waals surface area contributed by atoms with E-state index in [0.29, 0.717) is 35.2 Å². The number of pyridine rings is 3. The molecule has 5 aromatic rings. The van der Waals surface area contributed by atoms with Crippen LogP contribution < -0.4 is 15.5 Å². The Morgan fingerprint density at radius 2 is 1.88 bits per heavy atom. The molecule has 12 nitrogen and oxygen atoms in total. The first-order valence-electron chi connectivity index (χ1n) is 14.2. The summed E-state index contributed by atoms with van der Waals surface area (Å²) >= 11 is 0. The molecule has 41 heavy (non-hydrogen) atoms. The highest BCUT2D eigenvalue weighted by atomic mass is 16.1. The zero-order valence-electron chi connectivity index (χ0n) is 23.0. The van der Waals surface area contributed by atoms with Gasteiger partial charge in [0.2, 0.25) is 5.91 Å². The zero-order chi connectivity index (χ0) is 27.8. The summed E-state index contributed by atoms with van der Waals surface area (Å²) < 4.78 is 0. The number of anilines is 2. The average Bonchev–Trinajstić information content (AvgIpc) is 3.62. The number of carbonyl (C=O) groups is 1. The van der Waals surface area contributed by atoms with Crippen LogP contribution in [0.5, 0.6) is 0 Å². The van der Waals surface area contributed by atoms with Crippen molar-refractivity contribution in [2.45, 2.75) is 19.3 Å². The fraction of sp³-hybridized carbons (Fsp3) is 0.379. The van der Waals surface area contributed by atoms with E-state index < -0.39 is 0 Å². The largest absolute Gasteiger partial charge is 0.352 e. The van der Waals surface area contributed by atoms with Crippen molar-refractivity contribution in [1.29, 1.82) is 0 Å². The third-order valence-corrected chi connectivity index (χ3v) is 8.11. The topological polar surface area (TPSA) is 144 Å². The number of hydrogen-bond acceptors (Lipinski definition) is 9. The summed E-state index contributed by atoms with van der Waals surface area (Å²) in [5, 5.41) is 14.8. The van der Waals surface area contributed by atoms with Gasteiger partial charge in [-0.25, -0.2) is 15.0 Å². The number of rotatable bonds is 6. The van der Waals surface area contributed by atoms with Crippen molar-refractivity contribution in [1.82, 2.24) is 45.3 Å². The van der Waals surface area contributed by atoms with Crippen LogP contribution in [-0.2, 0) is 4.79 Å². The molecule has 0 radical (unpaired) electrons. The number of carbonyl (C=O) groups excluding carboxylic acids is 1. The van der Waals surface area contributed by atoms with Crippen molar-refractivity contribution in [2.75, 3.05) is 56.5 Å². The molecule has 2 saturated heterocycles. The lowest BCUT2D eigenvalue weighted by molar-refractivity contribution is -0.117. The molecule has 5 aromatic heterocycles. The third-order valence-electron chi connectivity index (χ3n) is 8.11. The van der Waals surface area contributed by atoms with Gasteiger partial charge in [0, 0.05) is 62.3 Å². The van der Waals surface area contributed by atoms with E-state index in [1.165, 1.54) is 0 Å². The quantitative estimate of drug-likeness (QED) is 0.250. The molecule has 4 N–H and O–H groups in total. The van der Waals surface area contributed by atoms with Gasteiger partial charge in [0.1, 0.15) is 11.2 Å². The fourth-order valence-electron chi connectivity index (χ4n) is 5.75. The molecule has 0 unspecified atom stereocenters. The van der Waals surface area contributed by atoms with Gasteiger partial charge >= 0.3 is 0 Å². The second-order valence-electron chi connectivity index (χ2n) is 11.0. The summed E-state index contributed by atoms with van der Waals surface area (Å²) in [5.41, 5.74) is 5.52. The zero-order valence-corrected chi connectivity index (χ0v) is 23.0. The predicted octanol–water partition coefficient (Wildman–Crippen LogP) is 3.04. The first-order chi connectivity index (χ1) is 20.1. The number of fused-ring (bicyclic) bond motifs is 2. The first kappa shape index (κ1) is 25.5. The monoisotopic (exact) mass is 551 g/mol. The van der Waals surface area contributed by atoms with Crippen LogP contribution in [0.3, 0.4) is 0 Å². The highest BCUT2D eigenvalue weighted by Gasteiger charge is 2.22. The van der Waals surface area contributed by atoms with Gasteiger partial charge in [0.15, 0.2) is 17.3 Å². The molecular formula is C29H33N11O. The predicted molar refractivity (Wildman–Crippen MR) is 159 cm³/mol. The molecule has 1 amide bonds. The van der Waals surface area contributed by atoms with Gasteiger partial charge in [-0.1, -0.05) is 0 Å². The van der Waals surface area contributed by atoms with Crippen LogP contribution in [-0.4, -0.2) is 92.2 Å². The van der Waals surface area contributed by atoms with E-state index in [0.717, 1.165) is 85.5 Å². The lowest BCUT2D eigenvalue weighted by Gasteiger charge is -2.33. The van der Waals surface area contributed by atoms with E-state index in [4.69, 9.17) is 4.98 Å². The molecule has 2 aliphatic heterocycles. The number of piperazine rings is 1. The number of amides is 1. The van der Waals surface area contributed by atoms with Gasteiger partial charge < -0.3 is 25.4 Å². The Labute approximate surface area is 237 Å². The maximum atomic E-state index is 12.7. The van der Waals surface area contributed by atoms with Crippen LogP contribution in [0.4, 0.5) is 11.5 Å². The van der Waals surface area contributed by atoms with Gasteiger partial charge in [0.05, 0.1) is 22.8 Å². The Hall–Kier alpha value is -4.42. The summed E-state index contributed by atoms with van der Waals surface area (Å²) in [6.45, 7) is 5.76. The van der Waals surface area contributed by atoms with Crippen molar-refractivity contribution in [3.63, 3.8) is 0 Å². The van der Waals surface area contributed by atoms with E-state index in [1.807, 2.05) is 24.4 Å². The van der Waals surface area contributed by atoms with E-state index in [9.17, 15) is 4.79 Å². The molecule has 2 fully saturated rings. The Kier molecular flexibility index (Phi) is 6.77. The number of likely N-dealkylation sites (N-methyl/N-ethyl adjacent to an activating group) is 1. The van der Waals surface area contributed by atoms with Crippen LogP contribution in [0.25, 0.3) is 44.7 Å². The second-order valence-corrected chi connectivity index (χ2v) is 11.0. The van der Waals surface area contributed by atoms with Gasteiger partial charge in [-0.2, -0.15) is 5.10 Å². The molecule has 0 bridgehead atoms. The molecule has 12 heteroatoms. The van der Waals surface area contributed by atoms with Crippen LogP contribution in [0.1, 0.15) is 19.3 Å². The molecule has 210 valence electrons. The summed E-state index contributed by atoms with van der Waals surface area (Å²) in [6.07, 6.45) is 9.66. The number of H-pyrrole nitrogens is 2. The Balaban J connectivity index is 1.16. The molecular weight excluding hydrogens is 518 g/mol. The molecule has 2 aliphatic rings. The Morgan fingerprint density at radius 1 is 1.05 bits per heavy atom. The van der Waals surface area contributed by atoms with Crippen LogP contribution in [0, 0.1) is 5.92 Å². The van der Waals surface area contributed by atoms with E-state index in [1.54, 1.807) is 18.6 Å². The number of piperidine rings is 1. The SMILES string of the molecule is CN1CCN(c2nccc3[nH]c(-c4n[nH]c5ncc(-c6cncc(NC(=O)CC7CCNCC7)c6)cc45)nc23)CC1. The summed E-state index contributed by atoms with van der Waals surface area (Å²) in [4.78, 5) is 39.4. The molecule has 0 aromatic carbocycles. The summed E-state index contributed by atoms with van der Waals surface area (Å²) in [5.74, 6) is 1.99. The highest BCUT2D eigenvalue weighted by Crippen LogP contribution is 2.31. The van der Waals surface area contributed by atoms with Crippen molar-refractivity contribution in [3.05, 3.63) is 43.0 Å². The minimum absolute atomic E-state index is 0.0249. The van der Waals surface area contributed by atoms with Crippen molar-refractivity contribution >= 4 is 39.5 Å². The van der Waals surface area contributed by atoms with Gasteiger partial charge in [0.25, 0.3) is 0 Å². The van der Waals surface area contributed by atoms with Crippen LogP contribution in [0.15, 0.2) is 43.0 Å². The number of nitrogens with zero attached hydrogens (tertiary/aromatic N) is 7. The normalized spacial score (nSPS) is 17.0. The summed E-state index contributed by atoms with van der Waals surface area (Å²) in [6, 6.07) is 5.91. The highest BCUT2D eigenvalue weighted by molar-refractivity contribution is 5.96. The first-order valence-corrected chi connectivity index (χ1v) is 14.2. The number of imidazole rings is 1. The number of hydrogen-bond donors (Lipinski definition) is 4. The lowest BCUT2D eigenvalue weighted by atomic mass is 9.94. The molecule has 0 atom stereocenters. The van der Waals surface area contributed by atoms with Gasteiger partial charge in [-0.15, -0.1) is 0 Å². The van der Waals surface area contributed by atoms with Gasteiger partial charge in [-0.3, -0.25) is 14.9 Å². The smallest absolute Gasteiger partial charge is 0.224 e. The van der Waals surface area contributed by atoms with Crippen LogP contribution >= 0.6 is 0 Å². The minimum atomic E-state index is 0.0249. The standard InChI is InChI=1S/C29H33N11O/c1-39-8-10-40(11-9-39)29-26-23(4-7-32-29)35-28(36-26)25-22-14-20(16-33-27(22)38-37-25)19-13-21(17-31-15-19)34-24(41)12-18-2-5-30-6-3-18/h4,7,13-18,30H,2-3,5-6,8-12H2,1H3,(H,34,41)(H,35,36)(H,33,37,38). The summed E-state index contributed by atoms with van der Waals surface area (Å²) in [7, 11) is 2.14. The lowest BCUT2D eigenvalue weighted by Crippen LogP contribution is -2.44. The average molecular weight is 552 g/mol. The minimum Gasteiger partial charge on any atom is -0.352 e. The third kappa shape index (κ3) is 5.23. The van der Waals surface area contributed by atoms with Crippen molar-refractivity contribution in [3.8, 4) is 22.6 Å². The number of nitrogens with one attached hydrogen (secondary N) is 4. The van der Waals surface area contributed by atoms with E-state index in [2.05, 4.69) is 57.6 Å². The molecule has 0 spiro atoms. The maximum absolute atomic E-state index is 12.7. The van der Waals surface area contributed by atoms with E-state index >= 15 is 0 Å². The molecule has 7 rings (SSSR count). The Bertz CT molecular complexity index is 1700. The second kappa shape index (κ2) is 10.9.